The molecule has 1 saturated heterocycles. The molecular formula is C19H21NO4. The van der Waals surface area contributed by atoms with E-state index in [-0.39, 0.29) is 18.6 Å². The van der Waals surface area contributed by atoms with Gasteiger partial charge in [0, 0.05) is 11.6 Å². The smallest absolute Gasteiger partial charge is 0.326 e. The van der Waals surface area contributed by atoms with Crippen molar-refractivity contribution in [2.45, 2.75) is 44.2 Å². The first kappa shape index (κ1) is 15.2. The monoisotopic (exact) mass is 327 g/mol. The van der Waals surface area contributed by atoms with Crippen molar-refractivity contribution < 1.29 is 19.4 Å². The summed E-state index contributed by atoms with van der Waals surface area (Å²) in [7, 11) is 0. The van der Waals surface area contributed by atoms with Crippen molar-refractivity contribution in [2.75, 3.05) is 6.61 Å². The van der Waals surface area contributed by atoms with Gasteiger partial charge in [0.25, 0.3) is 5.91 Å². The summed E-state index contributed by atoms with van der Waals surface area (Å²) in [5.41, 5.74) is 1.42. The molecule has 3 aliphatic rings. The minimum Gasteiger partial charge on any atom is -0.488 e. The number of nitrogens with zero attached hydrogens (tertiary/aromatic N) is 1. The van der Waals surface area contributed by atoms with E-state index in [0.717, 1.165) is 37.0 Å². The first-order valence-corrected chi connectivity index (χ1v) is 8.63. The number of amides is 1. The number of carboxylic acids is 1. The Morgan fingerprint density at radius 3 is 2.79 bits per heavy atom. The number of ether oxygens (including phenoxy) is 1. The maximum absolute atomic E-state index is 13.1. The predicted molar refractivity (Wildman–Crippen MR) is 88.5 cm³/mol. The highest BCUT2D eigenvalue weighted by Crippen LogP contribution is 2.41. The zero-order valence-electron chi connectivity index (χ0n) is 13.5. The van der Waals surface area contributed by atoms with Crippen LogP contribution in [0.1, 0.15) is 37.7 Å². The van der Waals surface area contributed by atoms with Crippen molar-refractivity contribution in [1.29, 1.82) is 0 Å². The fourth-order valence-corrected chi connectivity index (χ4v) is 4.38. The van der Waals surface area contributed by atoms with Crippen LogP contribution < -0.4 is 4.74 Å². The van der Waals surface area contributed by atoms with E-state index in [2.05, 4.69) is 0 Å². The Bertz CT molecular complexity index is 711. The number of rotatable bonds is 2. The summed E-state index contributed by atoms with van der Waals surface area (Å²) >= 11 is 0. The van der Waals surface area contributed by atoms with Crippen LogP contribution >= 0.6 is 0 Å². The van der Waals surface area contributed by atoms with Gasteiger partial charge in [0.2, 0.25) is 0 Å². The number of aliphatic carboxylic acids is 1. The minimum absolute atomic E-state index is 0.0606. The third-order valence-electron chi connectivity index (χ3n) is 5.51. The fourth-order valence-electron chi connectivity index (χ4n) is 4.38. The highest BCUT2D eigenvalue weighted by Gasteiger charge is 2.48. The Morgan fingerprint density at radius 2 is 1.96 bits per heavy atom. The summed E-state index contributed by atoms with van der Waals surface area (Å²) in [6, 6.07) is 6.94. The van der Waals surface area contributed by atoms with Crippen molar-refractivity contribution in [1.82, 2.24) is 4.90 Å². The molecule has 1 N–H and O–H groups in total. The van der Waals surface area contributed by atoms with Crippen molar-refractivity contribution >= 4 is 18.0 Å². The zero-order chi connectivity index (χ0) is 16.7. The number of likely N-dealkylation sites (tertiary alicyclic amines) is 1. The molecule has 0 radical (unpaired) electrons. The number of fused-ring (bicyclic) bond motifs is 2. The molecule has 0 spiro atoms. The highest BCUT2D eigenvalue weighted by molar-refractivity contribution is 6.01. The normalized spacial score (nSPS) is 28.4. The van der Waals surface area contributed by atoms with E-state index in [0.29, 0.717) is 17.9 Å². The lowest BCUT2D eigenvalue weighted by atomic mass is 9.84. The van der Waals surface area contributed by atoms with Crippen LogP contribution in [-0.4, -0.2) is 40.6 Å². The zero-order valence-corrected chi connectivity index (χ0v) is 13.5. The quantitative estimate of drug-likeness (QED) is 0.907. The molecule has 126 valence electrons. The predicted octanol–water partition coefficient (Wildman–Crippen LogP) is 2.71. The average molecular weight is 327 g/mol. The van der Waals surface area contributed by atoms with Gasteiger partial charge in [0.1, 0.15) is 18.4 Å². The van der Waals surface area contributed by atoms with Crippen molar-refractivity contribution in [3.05, 3.63) is 35.4 Å². The molecule has 0 bridgehead atoms. The van der Waals surface area contributed by atoms with Crippen molar-refractivity contribution in [2.24, 2.45) is 5.92 Å². The molecule has 5 nitrogen and oxygen atoms in total. The van der Waals surface area contributed by atoms with Crippen molar-refractivity contribution in [3.8, 4) is 5.75 Å². The molecule has 2 heterocycles. The van der Waals surface area contributed by atoms with Crippen LogP contribution in [0.5, 0.6) is 5.75 Å². The summed E-state index contributed by atoms with van der Waals surface area (Å²) in [6.07, 6.45) is 6.55. The molecule has 24 heavy (non-hydrogen) atoms. The van der Waals surface area contributed by atoms with Crippen LogP contribution in [-0.2, 0) is 9.59 Å². The second-order valence-electron chi connectivity index (χ2n) is 6.91. The Hall–Kier alpha value is -2.30. The van der Waals surface area contributed by atoms with E-state index in [9.17, 15) is 14.7 Å². The average Bonchev–Trinajstić information content (AvgIpc) is 3.00. The van der Waals surface area contributed by atoms with Gasteiger partial charge in [-0.1, -0.05) is 31.0 Å². The molecule has 1 saturated carbocycles. The number of carbonyl (C=O) groups is 2. The lowest BCUT2D eigenvalue weighted by Crippen LogP contribution is -2.47. The van der Waals surface area contributed by atoms with Gasteiger partial charge < -0.3 is 14.7 Å². The van der Waals surface area contributed by atoms with Crippen LogP contribution in [0.3, 0.4) is 0 Å². The third kappa shape index (κ3) is 2.48. The Morgan fingerprint density at radius 1 is 1.17 bits per heavy atom. The van der Waals surface area contributed by atoms with Crippen LogP contribution in [0.25, 0.3) is 6.08 Å². The molecule has 2 fully saturated rings. The van der Waals surface area contributed by atoms with Gasteiger partial charge in [0.05, 0.1) is 5.57 Å². The number of hydrogen-bond donors (Lipinski definition) is 1. The lowest BCUT2D eigenvalue weighted by Gasteiger charge is -2.34. The standard InChI is InChI=1S/C19H21NO4/c21-18(14-9-13-6-2-4-8-17(13)24-11-14)20-15-7-3-1-5-12(15)10-16(20)19(22)23/h2,4,6,8-9,12,15-16H,1,3,5,7,10-11H2,(H,22,23). The summed E-state index contributed by atoms with van der Waals surface area (Å²) in [6.45, 7) is 0.204. The fraction of sp³-hybridized carbons (Fsp3) is 0.474. The molecule has 1 aliphatic carbocycles. The largest absolute Gasteiger partial charge is 0.488 e. The molecule has 3 unspecified atom stereocenters. The van der Waals surface area contributed by atoms with Crippen LogP contribution in [0.2, 0.25) is 0 Å². The minimum atomic E-state index is -0.893. The highest BCUT2D eigenvalue weighted by atomic mass is 16.5. The van der Waals surface area contributed by atoms with Gasteiger partial charge in [0.15, 0.2) is 0 Å². The Labute approximate surface area is 140 Å². The van der Waals surface area contributed by atoms with Gasteiger partial charge in [-0.2, -0.15) is 0 Å². The van der Waals surface area contributed by atoms with E-state index in [1.807, 2.05) is 30.3 Å². The molecule has 1 aromatic carbocycles. The van der Waals surface area contributed by atoms with E-state index in [1.165, 1.54) is 0 Å². The molecule has 1 amide bonds. The second-order valence-corrected chi connectivity index (χ2v) is 6.91. The van der Waals surface area contributed by atoms with Gasteiger partial charge in [-0.15, -0.1) is 0 Å². The van der Waals surface area contributed by atoms with Crippen LogP contribution in [0, 0.1) is 5.92 Å². The number of carboxylic acid groups (broad SMARTS) is 1. The molecule has 5 heteroatoms. The second kappa shape index (κ2) is 5.96. The number of para-hydroxylation sites is 1. The Balaban J connectivity index is 1.65. The van der Waals surface area contributed by atoms with Crippen LogP contribution in [0.4, 0.5) is 0 Å². The molecular weight excluding hydrogens is 306 g/mol. The molecule has 2 aliphatic heterocycles. The topological polar surface area (TPSA) is 66.8 Å². The maximum Gasteiger partial charge on any atom is 0.326 e. The van der Waals surface area contributed by atoms with Gasteiger partial charge in [-0.3, -0.25) is 4.79 Å². The summed E-state index contributed by atoms with van der Waals surface area (Å²) in [5, 5.41) is 9.59. The van der Waals surface area contributed by atoms with Crippen LogP contribution in [0.15, 0.2) is 29.8 Å². The summed E-state index contributed by atoms with van der Waals surface area (Å²) in [4.78, 5) is 26.4. The molecule has 3 atom stereocenters. The maximum atomic E-state index is 13.1. The van der Waals surface area contributed by atoms with Crippen molar-refractivity contribution in [3.63, 3.8) is 0 Å². The SMILES string of the molecule is O=C(O)C1CC2CCCCC2N1C(=O)C1=Cc2ccccc2OC1. The van der Waals surface area contributed by atoms with Gasteiger partial charge in [-0.05, 0) is 37.3 Å². The third-order valence-corrected chi connectivity index (χ3v) is 5.51. The van der Waals surface area contributed by atoms with E-state index in [1.54, 1.807) is 4.90 Å². The lowest BCUT2D eigenvalue weighted by molar-refractivity contribution is -0.148. The first-order valence-electron chi connectivity index (χ1n) is 8.63. The number of carbonyl (C=O) groups excluding carboxylic acids is 1. The first-order chi connectivity index (χ1) is 11.6. The number of benzene rings is 1. The molecule has 1 aromatic rings. The molecule has 4 rings (SSSR count). The Kier molecular flexibility index (Phi) is 3.79. The summed E-state index contributed by atoms with van der Waals surface area (Å²) < 4.78 is 5.69. The van der Waals surface area contributed by atoms with Gasteiger partial charge >= 0.3 is 5.97 Å². The summed E-state index contributed by atoms with van der Waals surface area (Å²) in [5.74, 6) is 0.0174. The molecule has 0 aromatic heterocycles. The van der Waals surface area contributed by atoms with E-state index in [4.69, 9.17) is 4.74 Å². The number of hydrogen-bond acceptors (Lipinski definition) is 3. The van der Waals surface area contributed by atoms with E-state index < -0.39 is 12.0 Å². The van der Waals surface area contributed by atoms with Gasteiger partial charge in [-0.25, -0.2) is 4.79 Å². The van der Waals surface area contributed by atoms with E-state index >= 15 is 0 Å².